The number of aliphatic hydroxyl groups is 1. The van der Waals surface area contributed by atoms with E-state index in [0.717, 1.165) is 5.56 Å². The Kier molecular flexibility index (Phi) is 4.36. The summed E-state index contributed by atoms with van der Waals surface area (Å²) in [6.45, 7) is 1.82. The predicted molar refractivity (Wildman–Crippen MR) is 77.8 cm³/mol. The Balaban J connectivity index is 2.45. The lowest BCUT2D eigenvalue weighted by atomic mass is 10.1. The lowest BCUT2D eigenvalue weighted by Gasteiger charge is -2.31. The molecule has 1 aromatic rings. The Morgan fingerprint density at radius 2 is 2.05 bits per heavy atom. The summed E-state index contributed by atoms with van der Waals surface area (Å²) in [5.74, 6) is -1.25. The SMILES string of the molecule is Cc1ccccc1N(C(=O)CCl)C1CS(=O)(=O)CC1O. The molecule has 110 valence electrons. The predicted octanol–water partition coefficient (Wildman–Crippen LogP) is 0.725. The van der Waals surface area contributed by atoms with Crippen LogP contribution in [0.2, 0.25) is 0 Å². The normalized spacial score (nSPS) is 24.6. The molecule has 1 saturated heterocycles. The van der Waals surface area contributed by atoms with Crippen molar-refractivity contribution in [2.24, 2.45) is 0 Å². The number of amides is 1. The minimum absolute atomic E-state index is 0.245. The number of anilines is 1. The van der Waals surface area contributed by atoms with Crippen LogP contribution in [0.5, 0.6) is 0 Å². The number of aryl methyl sites for hydroxylation is 1. The third kappa shape index (κ3) is 2.97. The summed E-state index contributed by atoms with van der Waals surface area (Å²) < 4.78 is 23.3. The third-order valence-electron chi connectivity index (χ3n) is 3.38. The molecule has 1 amide bonds. The second-order valence-electron chi connectivity index (χ2n) is 4.90. The molecule has 2 atom stereocenters. The molecule has 0 aliphatic carbocycles. The Bertz CT molecular complexity index is 617. The van der Waals surface area contributed by atoms with E-state index < -0.39 is 27.9 Å². The molecule has 1 aliphatic heterocycles. The minimum Gasteiger partial charge on any atom is -0.390 e. The van der Waals surface area contributed by atoms with Gasteiger partial charge in [-0.2, -0.15) is 0 Å². The smallest absolute Gasteiger partial charge is 0.242 e. The van der Waals surface area contributed by atoms with Crippen molar-refractivity contribution in [1.82, 2.24) is 0 Å². The van der Waals surface area contributed by atoms with Crippen molar-refractivity contribution >= 4 is 33.0 Å². The average molecular weight is 318 g/mol. The molecule has 1 aromatic carbocycles. The second-order valence-corrected chi connectivity index (χ2v) is 7.32. The van der Waals surface area contributed by atoms with Crippen molar-refractivity contribution in [3.05, 3.63) is 29.8 Å². The average Bonchev–Trinajstić information content (AvgIpc) is 2.65. The van der Waals surface area contributed by atoms with Gasteiger partial charge in [0, 0.05) is 5.69 Å². The first-order valence-electron chi connectivity index (χ1n) is 6.18. The van der Waals surface area contributed by atoms with Crippen molar-refractivity contribution in [3.63, 3.8) is 0 Å². The third-order valence-corrected chi connectivity index (χ3v) is 5.31. The Hall–Kier alpha value is -1.11. The van der Waals surface area contributed by atoms with Gasteiger partial charge >= 0.3 is 0 Å². The molecule has 0 radical (unpaired) electrons. The topological polar surface area (TPSA) is 74.7 Å². The molecule has 1 heterocycles. The highest BCUT2D eigenvalue weighted by molar-refractivity contribution is 7.91. The largest absolute Gasteiger partial charge is 0.390 e. The molecule has 1 N–H and O–H groups in total. The van der Waals surface area contributed by atoms with Gasteiger partial charge in [0.2, 0.25) is 5.91 Å². The first-order chi connectivity index (χ1) is 9.35. The zero-order chi connectivity index (χ0) is 14.9. The standard InChI is InChI=1S/C13H16ClNO4S/c1-9-4-2-3-5-10(9)15(13(17)6-14)11-7-20(18,19)8-12(11)16/h2-5,11-12,16H,6-8H2,1H3. The number of carbonyl (C=O) groups excluding carboxylic acids is 1. The zero-order valence-corrected chi connectivity index (χ0v) is 12.6. The van der Waals surface area contributed by atoms with E-state index in [1.807, 2.05) is 19.1 Å². The van der Waals surface area contributed by atoms with E-state index in [1.165, 1.54) is 4.90 Å². The molecule has 7 heteroatoms. The zero-order valence-electron chi connectivity index (χ0n) is 11.0. The van der Waals surface area contributed by atoms with E-state index in [0.29, 0.717) is 5.69 Å². The van der Waals surface area contributed by atoms with Crippen LogP contribution >= 0.6 is 11.6 Å². The van der Waals surface area contributed by atoms with E-state index in [1.54, 1.807) is 12.1 Å². The van der Waals surface area contributed by atoms with Gasteiger partial charge in [0.05, 0.1) is 23.7 Å². The summed E-state index contributed by atoms with van der Waals surface area (Å²) in [6.07, 6.45) is -1.09. The van der Waals surface area contributed by atoms with Gasteiger partial charge in [-0.15, -0.1) is 11.6 Å². The van der Waals surface area contributed by atoms with Crippen LogP contribution in [0, 0.1) is 6.92 Å². The van der Waals surface area contributed by atoms with Crippen LogP contribution < -0.4 is 4.90 Å². The monoisotopic (exact) mass is 317 g/mol. The number of hydrogen-bond donors (Lipinski definition) is 1. The number of benzene rings is 1. The number of para-hydroxylation sites is 1. The number of nitrogens with zero attached hydrogens (tertiary/aromatic N) is 1. The number of hydrogen-bond acceptors (Lipinski definition) is 4. The van der Waals surface area contributed by atoms with Crippen LogP contribution in [-0.2, 0) is 14.6 Å². The quantitative estimate of drug-likeness (QED) is 0.834. The van der Waals surface area contributed by atoms with Gasteiger partial charge in [-0.3, -0.25) is 4.79 Å². The highest BCUT2D eigenvalue weighted by atomic mass is 35.5. The number of aliphatic hydroxyl groups excluding tert-OH is 1. The molecule has 5 nitrogen and oxygen atoms in total. The fourth-order valence-corrected chi connectivity index (χ4v) is 4.35. The molecule has 0 saturated carbocycles. The van der Waals surface area contributed by atoms with Crippen LogP contribution in [0.15, 0.2) is 24.3 Å². The summed E-state index contributed by atoms with van der Waals surface area (Å²) in [7, 11) is -3.34. The Morgan fingerprint density at radius 3 is 2.55 bits per heavy atom. The van der Waals surface area contributed by atoms with Crippen LogP contribution in [0.3, 0.4) is 0 Å². The van der Waals surface area contributed by atoms with E-state index in [2.05, 4.69) is 0 Å². The van der Waals surface area contributed by atoms with E-state index in [9.17, 15) is 18.3 Å². The van der Waals surface area contributed by atoms with Gasteiger partial charge in [0.15, 0.2) is 9.84 Å². The molecule has 0 spiro atoms. The fraction of sp³-hybridized carbons (Fsp3) is 0.462. The van der Waals surface area contributed by atoms with Crippen LogP contribution in [0.1, 0.15) is 5.56 Å². The summed E-state index contributed by atoms with van der Waals surface area (Å²) in [5.41, 5.74) is 1.40. The fourth-order valence-electron chi connectivity index (χ4n) is 2.45. The first-order valence-corrected chi connectivity index (χ1v) is 8.53. The highest BCUT2D eigenvalue weighted by Gasteiger charge is 2.42. The first kappa shape index (κ1) is 15.3. The second kappa shape index (κ2) is 5.71. The lowest BCUT2D eigenvalue weighted by molar-refractivity contribution is -0.117. The molecule has 1 fully saturated rings. The van der Waals surface area contributed by atoms with Crippen molar-refractivity contribution < 1.29 is 18.3 Å². The van der Waals surface area contributed by atoms with Gasteiger partial charge < -0.3 is 10.0 Å². The van der Waals surface area contributed by atoms with Gasteiger partial charge in [-0.05, 0) is 18.6 Å². The van der Waals surface area contributed by atoms with Crippen LogP contribution in [0.4, 0.5) is 5.69 Å². The Morgan fingerprint density at radius 1 is 1.40 bits per heavy atom. The van der Waals surface area contributed by atoms with Gasteiger partial charge in [-0.1, -0.05) is 18.2 Å². The maximum Gasteiger partial charge on any atom is 0.242 e. The van der Waals surface area contributed by atoms with Crippen molar-refractivity contribution in [2.75, 3.05) is 22.3 Å². The molecule has 0 bridgehead atoms. The molecule has 2 unspecified atom stereocenters. The number of rotatable bonds is 3. The summed E-state index contributed by atoms with van der Waals surface area (Å²) in [6, 6.07) is 6.33. The molecular weight excluding hydrogens is 302 g/mol. The molecule has 20 heavy (non-hydrogen) atoms. The number of sulfone groups is 1. The lowest BCUT2D eigenvalue weighted by Crippen LogP contribution is -2.48. The van der Waals surface area contributed by atoms with Crippen LogP contribution in [-0.4, -0.2) is 49.0 Å². The van der Waals surface area contributed by atoms with Gasteiger partial charge in [0.1, 0.15) is 5.88 Å². The van der Waals surface area contributed by atoms with Crippen molar-refractivity contribution in [3.8, 4) is 0 Å². The van der Waals surface area contributed by atoms with Crippen molar-refractivity contribution in [2.45, 2.75) is 19.1 Å². The molecular formula is C13H16ClNO4S. The number of alkyl halides is 1. The summed E-state index contributed by atoms with van der Waals surface area (Å²) in [5, 5.41) is 9.98. The van der Waals surface area contributed by atoms with E-state index in [-0.39, 0.29) is 17.4 Å². The van der Waals surface area contributed by atoms with E-state index >= 15 is 0 Å². The van der Waals surface area contributed by atoms with Gasteiger partial charge in [-0.25, -0.2) is 8.42 Å². The van der Waals surface area contributed by atoms with Crippen molar-refractivity contribution in [1.29, 1.82) is 0 Å². The maximum absolute atomic E-state index is 12.1. The van der Waals surface area contributed by atoms with E-state index in [4.69, 9.17) is 11.6 Å². The molecule has 1 aliphatic rings. The minimum atomic E-state index is -3.34. The van der Waals surface area contributed by atoms with Crippen LogP contribution in [0.25, 0.3) is 0 Å². The molecule has 2 rings (SSSR count). The summed E-state index contributed by atoms with van der Waals surface area (Å²) in [4.78, 5) is 13.4. The molecule has 0 aromatic heterocycles. The Labute approximate surface area is 123 Å². The maximum atomic E-state index is 12.1. The number of halogens is 1. The van der Waals surface area contributed by atoms with Gasteiger partial charge in [0.25, 0.3) is 0 Å². The highest BCUT2D eigenvalue weighted by Crippen LogP contribution is 2.27. The summed E-state index contributed by atoms with van der Waals surface area (Å²) >= 11 is 5.62. The number of carbonyl (C=O) groups is 1.